The molecule has 0 aliphatic carbocycles. The fourth-order valence-corrected chi connectivity index (χ4v) is 3.01. The van der Waals surface area contributed by atoms with Crippen LogP contribution in [-0.4, -0.2) is 34.8 Å². The Kier molecular flexibility index (Phi) is 4.66. The van der Waals surface area contributed by atoms with Crippen molar-refractivity contribution in [2.75, 3.05) is 14.2 Å². The van der Waals surface area contributed by atoms with Gasteiger partial charge in [0, 0.05) is 17.8 Å². The number of methoxy groups -OCH3 is 2. The number of carbonyl (C=O) groups excluding carboxylic acids is 1. The molecule has 0 unspecified atom stereocenters. The van der Waals surface area contributed by atoms with Crippen LogP contribution in [0, 0.1) is 6.92 Å². The molecule has 0 saturated carbocycles. The molecular weight excluding hydrogens is 346 g/mol. The van der Waals surface area contributed by atoms with Crippen LogP contribution in [0.25, 0.3) is 4.96 Å². The first-order chi connectivity index (χ1) is 12.0. The molecule has 0 spiro atoms. The van der Waals surface area contributed by atoms with Crippen molar-refractivity contribution in [3.63, 3.8) is 0 Å². The zero-order valence-corrected chi connectivity index (χ0v) is 14.6. The Morgan fingerprint density at radius 3 is 2.48 bits per heavy atom. The molecule has 130 valence electrons. The maximum Gasteiger partial charge on any atom is 0.338 e. The van der Waals surface area contributed by atoms with Gasteiger partial charge in [-0.05, 0) is 19.1 Å². The first-order valence-electron chi connectivity index (χ1n) is 7.27. The Morgan fingerprint density at radius 1 is 1.16 bits per heavy atom. The maximum atomic E-state index is 12.2. The number of hydrogen-bond donors (Lipinski definition) is 0. The van der Waals surface area contributed by atoms with E-state index in [1.807, 2.05) is 0 Å². The predicted molar refractivity (Wildman–Crippen MR) is 90.5 cm³/mol. The monoisotopic (exact) mass is 361 g/mol. The van der Waals surface area contributed by atoms with E-state index in [0.29, 0.717) is 32.7 Å². The number of esters is 1. The van der Waals surface area contributed by atoms with Crippen molar-refractivity contribution in [3.05, 3.63) is 50.9 Å². The Labute approximate surface area is 146 Å². The van der Waals surface area contributed by atoms with Gasteiger partial charge in [0.2, 0.25) is 4.96 Å². The van der Waals surface area contributed by atoms with Crippen LogP contribution in [0.1, 0.15) is 21.1 Å². The van der Waals surface area contributed by atoms with Crippen LogP contribution in [-0.2, 0) is 11.3 Å². The van der Waals surface area contributed by atoms with Gasteiger partial charge in [0.05, 0.1) is 19.8 Å². The molecule has 9 heteroatoms. The van der Waals surface area contributed by atoms with Gasteiger partial charge in [-0.3, -0.25) is 4.79 Å². The average Bonchev–Trinajstić information content (AvgIpc) is 3.02. The predicted octanol–water partition coefficient (Wildman–Crippen LogP) is 1.83. The molecule has 2 aromatic heterocycles. The van der Waals surface area contributed by atoms with Gasteiger partial charge in [-0.1, -0.05) is 11.3 Å². The van der Waals surface area contributed by atoms with Gasteiger partial charge in [-0.25, -0.2) is 9.78 Å². The Balaban J connectivity index is 1.78. The SMILES string of the molecule is COc1cc(OC)cc(C(=O)OCc2nn3c(=O)cc(C)nc3s2)c1. The highest BCUT2D eigenvalue weighted by Gasteiger charge is 2.14. The van der Waals surface area contributed by atoms with E-state index in [-0.39, 0.29) is 12.2 Å². The molecule has 0 aliphatic rings. The lowest BCUT2D eigenvalue weighted by molar-refractivity contribution is 0.0470. The van der Waals surface area contributed by atoms with E-state index >= 15 is 0 Å². The van der Waals surface area contributed by atoms with E-state index in [1.165, 1.54) is 36.1 Å². The minimum atomic E-state index is -0.548. The highest BCUT2D eigenvalue weighted by atomic mass is 32.1. The summed E-state index contributed by atoms with van der Waals surface area (Å²) in [7, 11) is 3.00. The van der Waals surface area contributed by atoms with Crippen LogP contribution in [0.5, 0.6) is 11.5 Å². The third kappa shape index (κ3) is 3.61. The fourth-order valence-electron chi connectivity index (χ4n) is 2.15. The Bertz CT molecular complexity index is 973. The first kappa shape index (κ1) is 16.9. The fraction of sp³-hybridized carbons (Fsp3) is 0.250. The van der Waals surface area contributed by atoms with E-state index in [2.05, 4.69) is 10.1 Å². The van der Waals surface area contributed by atoms with Crippen LogP contribution in [0.4, 0.5) is 0 Å². The summed E-state index contributed by atoms with van der Waals surface area (Å²) in [6, 6.07) is 6.16. The van der Waals surface area contributed by atoms with Gasteiger partial charge >= 0.3 is 5.97 Å². The van der Waals surface area contributed by atoms with Crippen LogP contribution in [0.2, 0.25) is 0 Å². The second-order valence-corrected chi connectivity index (χ2v) is 6.14. The number of nitrogens with zero attached hydrogens (tertiary/aromatic N) is 3. The number of fused-ring (bicyclic) bond motifs is 1. The summed E-state index contributed by atoms with van der Waals surface area (Å²) < 4.78 is 16.7. The molecule has 3 rings (SSSR count). The van der Waals surface area contributed by atoms with Crippen LogP contribution in [0.15, 0.2) is 29.1 Å². The number of hydrogen-bond acceptors (Lipinski definition) is 8. The molecule has 3 aromatic rings. The third-order valence-electron chi connectivity index (χ3n) is 3.33. The zero-order chi connectivity index (χ0) is 18.0. The molecule has 8 nitrogen and oxygen atoms in total. The molecule has 0 radical (unpaired) electrons. The van der Waals surface area contributed by atoms with E-state index in [9.17, 15) is 9.59 Å². The number of rotatable bonds is 5. The van der Waals surface area contributed by atoms with Gasteiger partial charge in [0.1, 0.15) is 18.1 Å². The number of aromatic nitrogens is 3. The molecule has 0 aliphatic heterocycles. The molecule has 1 aromatic carbocycles. The van der Waals surface area contributed by atoms with E-state index in [0.717, 1.165) is 0 Å². The van der Waals surface area contributed by atoms with E-state index in [1.54, 1.807) is 25.1 Å². The van der Waals surface area contributed by atoms with Crippen molar-refractivity contribution in [2.45, 2.75) is 13.5 Å². The van der Waals surface area contributed by atoms with Crippen LogP contribution in [0.3, 0.4) is 0 Å². The third-order valence-corrected chi connectivity index (χ3v) is 4.21. The second-order valence-electron chi connectivity index (χ2n) is 5.10. The molecule has 0 bridgehead atoms. The molecule has 25 heavy (non-hydrogen) atoms. The number of aryl methyl sites for hydroxylation is 1. The zero-order valence-electron chi connectivity index (χ0n) is 13.8. The number of ether oxygens (including phenoxy) is 3. The van der Waals surface area contributed by atoms with Gasteiger partial charge in [-0.15, -0.1) is 0 Å². The van der Waals surface area contributed by atoms with Crippen molar-refractivity contribution in [3.8, 4) is 11.5 Å². The van der Waals surface area contributed by atoms with Crippen LogP contribution < -0.4 is 15.0 Å². The molecule has 0 N–H and O–H groups in total. The topological polar surface area (TPSA) is 92.0 Å². The molecule has 0 amide bonds. The highest BCUT2D eigenvalue weighted by Crippen LogP contribution is 2.23. The second kappa shape index (κ2) is 6.89. The number of carbonyl (C=O) groups is 1. The average molecular weight is 361 g/mol. The van der Waals surface area contributed by atoms with Gasteiger partial charge in [-0.2, -0.15) is 9.61 Å². The Hall–Kier alpha value is -2.94. The smallest absolute Gasteiger partial charge is 0.338 e. The lowest BCUT2D eigenvalue weighted by Crippen LogP contribution is -2.14. The molecule has 0 fully saturated rings. The summed E-state index contributed by atoms with van der Waals surface area (Å²) in [5.41, 5.74) is 0.637. The van der Waals surface area contributed by atoms with Gasteiger partial charge in [0.25, 0.3) is 5.56 Å². The normalized spacial score (nSPS) is 10.7. The summed E-state index contributed by atoms with van der Waals surface area (Å²) in [6.45, 7) is 1.67. The van der Waals surface area contributed by atoms with Crippen molar-refractivity contribution >= 4 is 22.3 Å². The summed E-state index contributed by atoms with van der Waals surface area (Å²) in [5.74, 6) is 0.419. The minimum absolute atomic E-state index is 0.0646. The summed E-state index contributed by atoms with van der Waals surface area (Å²) in [4.78, 5) is 28.8. The molecule has 0 atom stereocenters. The van der Waals surface area contributed by atoms with E-state index in [4.69, 9.17) is 14.2 Å². The summed E-state index contributed by atoms with van der Waals surface area (Å²) in [5, 5.41) is 4.59. The first-order valence-corrected chi connectivity index (χ1v) is 8.08. The minimum Gasteiger partial charge on any atom is -0.497 e. The van der Waals surface area contributed by atoms with Gasteiger partial charge in [0.15, 0.2) is 5.01 Å². The molecular formula is C16H15N3O5S. The van der Waals surface area contributed by atoms with Crippen molar-refractivity contribution in [2.24, 2.45) is 0 Å². The highest BCUT2D eigenvalue weighted by molar-refractivity contribution is 7.16. The van der Waals surface area contributed by atoms with E-state index < -0.39 is 5.97 Å². The summed E-state index contributed by atoms with van der Waals surface area (Å²) in [6.07, 6.45) is 0. The quantitative estimate of drug-likeness (QED) is 0.640. The van der Waals surface area contributed by atoms with Gasteiger partial charge < -0.3 is 14.2 Å². The largest absolute Gasteiger partial charge is 0.497 e. The Morgan fingerprint density at radius 2 is 1.84 bits per heavy atom. The lowest BCUT2D eigenvalue weighted by Gasteiger charge is -2.08. The standard InChI is InChI=1S/C16H15N3O5S/c1-9-4-14(20)19-16(17-9)25-13(18-19)8-24-15(21)10-5-11(22-2)7-12(6-10)23-3/h4-7H,8H2,1-3H3. The molecule has 0 saturated heterocycles. The van der Waals surface area contributed by atoms with Crippen molar-refractivity contribution in [1.29, 1.82) is 0 Å². The lowest BCUT2D eigenvalue weighted by atomic mass is 10.2. The van der Waals surface area contributed by atoms with Crippen molar-refractivity contribution < 1.29 is 19.0 Å². The summed E-state index contributed by atoms with van der Waals surface area (Å²) >= 11 is 1.19. The maximum absolute atomic E-state index is 12.2. The van der Waals surface area contributed by atoms with Crippen LogP contribution >= 0.6 is 11.3 Å². The number of benzene rings is 1. The molecule has 2 heterocycles. The van der Waals surface area contributed by atoms with Crippen molar-refractivity contribution in [1.82, 2.24) is 14.6 Å².